The maximum absolute atomic E-state index is 12.9. The highest BCUT2D eigenvalue weighted by Gasteiger charge is 2.13. The molecular weight excluding hydrogens is 426 g/mol. The second-order valence-corrected chi connectivity index (χ2v) is 9.70. The molecule has 0 fully saturated rings. The van der Waals surface area contributed by atoms with Gasteiger partial charge in [0, 0.05) is 35.5 Å². The van der Waals surface area contributed by atoms with Crippen molar-refractivity contribution >= 4 is 34.0 Å². The Hall–Kier alpha value is -2.48. The van der Waals surface area contributed by atoms with Crippen LogP contribution in [-0.4, -0.2) is 26.2 Å². The van der Waals surface area contributed by atoms with Gasteiger partial charge >= 0.3 is 0 Å². The number of para-hydroxylation sites is 1. The van der Waals surface area contributed by atoms with Crippen LogP contribution in [0.5, 0.6) is 0 Å². The smallest absolute Gasteiger partial charge is 0.262 e. The zero-order valence-corrected chi connectivity index (χ0v) is 19.2. The van der Waals surface area contributed by atoms with Crippen LogP contribution < -0.4 is 5.56 Å². The first-order valence-corrected chi connectivity index (χ1v) is 12.2. The Morgan fingerprint density at radius 2 is 1.90 bits per heavy atom. The summed E-state index contributed by atoms with van der Waals surface area (Å²) in [5.74, 6) is 1.20. The minimum atomic E-state index is -0.0585. The Balaban J connectivity index is 1.56. The predicted octanol–water partition coefficient (Wildman–Crippen LogP) is 5.32. The van der Waals surface area contributed by atoms with Crippen LogP contribution in [0.25, 0.3) is 21.5 Å². The van der Waals surface area contributed by atoms with E-state index in [1.807, 2.05) is 24.4 Å². The van der Waals surface area contributed by atoms with Crippen LogP contribution in [-0.2, 0) is 12.3 Å². The number of hydrogen-bond acceptors (Lipinski definition) is 6. The maximum Gasteiger partial charge on any atom is 0.262 e. The average Bonchev–Trinajstić information content (AvgIpc) is 3.26. The summed E-state index contributed by atoms with van der Waals surface area (Å²) in [4.78, 5) is 23.4. The third-order valence-corrected chi connectivity index (χ3v) is 7.34. The lowest BCUT2D eigenvalue weighted by Gasteiger charge is -2.12. The standard InChI is InChI=1S/C24H25N3O2S2/c1-16(2)17-8-10-18(11-9-17)22-25-14-19(31-22)15-30-24-26-21-7-4-3-6-20(21)23(29)27(24)12-5-13-28/h3-4,6-11,14,16,28H,5,12-13,15H2,1-2H3. The lowest BCUT2D eigenvalue weighted by atomic mass is 10.0. The summed E-state index contributed by atoms with van der Waals surface area (Å²) in [5, 5.41) is 11.5. The molecule has 0 radical (unpaired) electrons. The lowest BCUT2D eigenvalue weighted by molar-refractivity contribution is 0.276. The van der Waals surface area contributed by atoms with Crippen molar-refractivity contribution < 1.29 is 5.11 Å². The summed E-state index contributed by atoms with van der Waals surface area (Å²) in [6, 6.07) is 16.0. The van der Waals surface area contributed by atoms with Crippen molar-refractivity contribution in [3.8, 4) is 10.6 Å². The molecular formula is C24H25N3O2S2. The van der Waals surface area contributed by atoms with Gasteiger partial charge in [-0.2, -0.15) is 0 Å². The van der Waals surface area contributed by atoms with Crippen LogP contribution in [0.3, 0.4) is 0 Å². The van der Waals surface area contributed by atoms with Crippen LogP contribution in [0, 0.1) is 0 Å². The monoisotopic (exact) mass is 451 g/mol. The highest BCUT2D eigenvalue weighted by Crippen LogP contribution is 2.30. The van der Waals surface area contributed by atoms with Crippen LogP contribution in [0.2, 0.25) is 0 Å². The first-order valence-electron chi connectivity index (χ1n) is 10.3. The molecule has 0 spiro atoms. The van der Waals surface area contributed by atoms with Crippen molar-refractivity contribution in [1.29, 1.82) is 0 Å². The summed E-state index contributed by atoms with van der Waals surface area (Å²) in [6.07, 6.45) is 2.42. The second kappa shape index (κ2) is 9.77. The molecule has 1 N–H and O–H groups in total. The fraction of sp³-hybridized carbons (Fsp3) is 0.292. The van der Waals surface area contributed by atoms with Crippen molar-refractivity contribution in [2.24, 2.45) is 0 Å². The molecule has 0 saturated heterocycles. The summed E-state index contributed by atoms with van der Waals surface area (Å²) in [5.41, 5.74) is 3.08. The van der Waals surface area contributed by atoms with Gasteiger partial charge < -0.3 is 5.11 Å². The molecule has 7 heteroatoms. The molecule has 5 nitrogen and oxygen atoms in total. The van der Waals surface area contributed by atoms with E-state index < -0.39 is 0 Å². The number of aliphatic hydroxyl groups is 1. The molecule has 0 unspecified atom stereocenters. The second-order valence-electron chi connectivity index (χ2n) is 7.64. The van der Waals surface area contributed by atoms with Gasteiger partial charge in [0.05, 0.1) is 10.9 Å². The summed E-state index contributed by atoms with van der Waals surface area (Å²) >= 11 is 3.20. The van der Waals surface area contributed by atoms with E-state index in [0.29, 0.717) is 40.7 Å². The topological polar surface area (TPSA) is 68.0 Å². The Morgan fingerprint density at radius 3 is 2.65 bits per heavy atom. The fourth-order valence-electron chi connectivity index (χ4n) is 3.34. The van der Waals surface area contributed by atoms with Crippen LogP contribution in [0.1, 0.15) is 36.6 Å². The predicted molar refractivity (Wildman–Crippen MR) is 129 cm³/mol. The van der Waals surface area contributed by atoms with Crippen molar-refractivity contribution in [2.75, 3.05) is 6.61 Å². The highest BCUT2D eigenvalue weighted by atomic mass is 32.2. The molecule has 0 aliphatic heterocycles. The van der Waals surface area contributed by atoms with Gasteiger partial charge in [-0.1, -0.05) is 62.0 Å². The zero-order chi connectivity index (χ0) is 21.8. The third-order valence-electron chi connectivity index (χ3n) is 5.09. The number of fused-ring (bicyclic) bond motifs is 1. The summed E-state index contributed by atoms with van der Waals surface area (Å²) < 4.78 is 1.68. The number of aromatic nitrogens is 3. The van der Waals surface area contributed by atoms with E-state index in [-0.39, 0.29) is 12.2 Å². The highest BCUT2D eigenvalue weighted by molar-refractivity contribution is 7.98. The van der Waals surface area contributed by atoms with Gasteiger partial charge in [0.1, 0.15) is 5.01 Å². The molecule has 0 amide bonds. The number of rotatable bonds is 8. The first kappa shape index (κ1) is 21.7. The van der Waals surface area contributed by atoms with Gasteiger partial charge in [0.2, 0.25) is 0 Å². The van der Waals surface area contributed by atoms with E-state index in [0.717, 1.165) is 15.4 Å². The Morgan fingerprint density at radius 1 is 1.13 bits per heavy atom. The number of thiazole rings is 1. The number of nitrogens with zero attached hydrogens (tertiary/aromatic N) is 3. The van der Waals surface area contributed by atoms with Crippen molar-refractivity contribution in [3.05, 3.63) is 75.5 Å². The minimum Gasteiger partial charge on any atom is -0.396 e. The summed E-state index contributed by atoms with van der Waals surface area (Å²) in [6.45, 7) is 4.87. The fourth-order valence-corrected chi connectivity index (χ4v) is 5.30. The molecule has 4 rings (SSSR count). The molecule has 4 aromatic rings. The van der Waals surface area contributed by atoms with Gasteiger partial charge in [-0.05, 0) is 30.0 Å². The van der Waals surface area contributed by atoms with Gasteiger partial charge in [-0.15, -0.1) is 11.3 Å². The number of aliphatic hydroxyl groups excluding tert-OH is 1. The van der Waals surface area contributed by atoms with Crippen LogP contribution in [0.4, 0.5) is 0 Å². The number of benzene rings is 2. The van der Waals surface area contributed by atoms with Crippen molar-refractivity contribution in [3.63, 3.8) is 0 Å². The SMILES string of the molecule is CC(C)c1ccc(-c2ncc(CSc3nc4ccccc4c(=O)n3CCCO)s2)cc1. The Kier molecular flexibility index (Phi) is 6.85. The minimum absolute atomic E-state index is 0.0389. The largest absolute Gasteiger partial charge is 0.396 e. The van der Waals surface area contributed by atoms with E-state index in [1.165, 1.54) is 17.3 Å². The Bertz CT molecular complexity index is 1230. The van der Waals surface area contributed by atoms with E-state index in [1.54, 1.807) is 22.0 Å². The van der Waals surface area contributed by atoms with E-state index in [4.69, 9.17) is 4.98 Å². The number of thioether (sulfide) groups is 1. The van der Waals surface area contributed by atoms with Gasteiger partial charge in [0.25, 0.3) is 5.56 Å². The third kappa shape index (κ3) is 4.89. The summed E-state index contributed by atoms with van der Waals surface area (Å²) in [7, 11) is 0. The lowest BCUT2D eigenvalue weighted by Crippen LogP contribution is -2.23. The molecule has 31 heavy (non-hydrogen) atoms. The van der Waals surface area contributed by atoms with Gasteiger partial charge in [-0.3, -0.25) is 9.36 Å². The Labute approximate surface area is 189 Å². The average molecular weight is 452 g/mol. The van der Waals surface area contributed by atoms with E-state index in [2.05, 4.69) is 43.1 Å². The molecule has 160 valence electrons. The molecule has 0 aliphatic rings. The quantitative estimate of drug-likeness (QED) is 0.290. The van der Waals surface area contributed by atoms with Crippen molar-refractivity contribution in [2.45, 2.75) is 43.6 Å². The molecule has 2 aromatic heterocycles. The van der Waals surface area contributed by atoms with Crippen molar-refractivity contribution in [1.82, 2.24) is 14.5 Å². The van der Waals surface area contributed by atoms with Crippen LogP contribution >= 0.6 is 23.1 Å². The molecule has 0 bridgehead atoms. The molecule has 2 heterocycles. The van der Waals surface area contributed by atoms with E-state index >= 15 is 0 Å². The molecule has 0 saturated carbocycles. The maximum atomic E-state index is 12.9. The normalized spacial score (nSPS) is 11.5. The first-order chi connectivity index (χ1) is 15.1. The molecule has 0 aliphatic carbocycles. The molecule has 2 aromatic carbocycles. The zero-order valence-electron chi connectivity index (χ0n) is 17.6. The van der Waals surface area contributed by atoms with Crippen LogP contribution in [0.15, 0.2) is 64.7 Å². The van der Waals surface area contributed by atoms with Gasteiger partial charge in [-0.25, -0.2) is 9.97 Å². The molecule has 0 atom stereocenters. The van der Waals surface area contributed by atoms with Gasteiger partial charge in [0.15, 0.2) is 5.16 Å². The van der Waals surface area contributed by atoms with E-state index in [9.17, 15) is 9.90 Å². The number of hydrogen-bond donors (Lipinski definition) is 1.